The molecule has 1 rings (SSSR count). The van der Waals surface area contributed by atoms with E-state index < -0.39 is 44.7 Å². The molecule has 0 bridgehead atoms. The molecular weight excluding hydrogens is 231 g/mol. The topological polar surface area (TPSA) is 34.1 Å². The van der Waals surface area contributed by atoms with Gasteiger partial charge in [-0.25, -0.2) is 30.4 Å². The first-order valence-corrected chi connectivity index (χ1v) is 4.21. The van der Waals surface area contributed by atoms with Crippen molar-refractivity contribution < 1.29 is 30.4 Å². The van der Waals surface area contributed by atoms with E-state index in [0.29, 0.717) is 0 Å². The van der Waals surface area contributed by atoms with Crippen LogP contribution < -0.4 is 0 Å². The Morgan fingerprint density at radius 2 is 0.929 bits per heavy atom. The molecule has 8 heteroatoms. The van der Waals surface area contributed by atoms with Gasteiger partial charge in [0.15, 0.2) is 34.0 Å². The Hall–Kier alpha value is -1.18. The molecule has 0 saturated heterocycles. The summed E-state index contributed by atoms with van der Waals surface area (Å²) < 4.78 is 82.4. The quantitative estimate of drug-likeness (QED) is 0.343. The minimum absolute atomic E-state index is 1.82. The Labute approximate surface area is 75.9 Å². The number of thiol groups is 1. The molecule has 0 unspecified atom stereocenters. The van der Waals surface area contributed by atoms with Crippen molar-refractivity contribution in [2.75, 3.05) is 0 Å². The molecule has 0 radical (unpaired) electrons. The van der Waals surface area contributed by atoms with Gasteiger partial charge in [0.25, 0.3) is 0 Å². The molecule has 2 nitrogen and oxygen atoms in total. The minimum Gasteiger partial charge on any atom is -0.227 e. The molecule has 0 aliphatic carbocycles. The molecule has 0 saturated carbocycles. The highest BCUT2D eigenvalue weighted by atomic mass is 32.2. The molecule has 0 heterocycles. The SMILES string of the molecule is O=[SH](=O)c1c(F)c(F)c(F)c(F)c1F. The minimum atomic E-state index is -3.88. The fraction of sp³-hybridized carbons (Fsp3) is 0. The van der Waals surface area contributed by atoms with Crippen LogP contribution in [0, 0.1) is 29.1 Å². The summed E-state index contributed by atoms with van der Waals surface area (Å²) in [7, 11) is -3.88. The van der Waals surface area contributed by atoms with E-state index in [9.17, 15) is 30.4 Å². The highest BCUT2D eigenvalue weighted by Gasteiger charge is 2.26. The van der Waals surface area contributed by atoms with Gasteiger partial charge in [-0.2, -0.15) is 0 Å². The lowest BCUT2D eigenvalue weighted by Gasteiger charge is -2.01. The van der Waals surface area contributed by atoms with Gasteiger partial charge in [0, 0.05) is 0 Å². The lowest BCUT2D eigenvalue weighted by atomic mass is 10.3. The molecule has 0 fully saturated rings. The predicted octanol–water partition coefficient (Wildman–Crippen LogP) is 1.35. The van der Waals surface area contributed by atoms with E-state index >= 15 is 0 Å². The van der Waals surface area contributed by atoms with E-state index in [-0.39, 0.29) is 0 Å². The summed E-state index contributed by atoms with van der Waals surface area (Å²) in [5, 5.41) is 0. The molecule has 0 amide bonds. The van der Waals surface area contributed by atoms with E-state index in [1.807, 2.05) is 0 Å². The number of rotatable bonds is 1. The molecule has 0 spiro atoms. The second-order valence-corrected chi connectivity index (χ2v) is 3.14. The van der Waals surface area contributed by atoms with Gasteiger partial charge in [0.1, 0.15) is 4.90 Å². The number of hydrogen-bond acceptors (Lipinski definition) is 2. The third-order valence-electron chi connectivity index (χ3n) is 1.37. The molecule has 14 heavy (non-hydrogen) atoms. The van der Waals surface area contributed by atoms with Crippen LogP contribution in [0.25, 0.3) is 0 Å². The smallest absolute Gasteiger partial charge is 0.200 e. The van der Waals surface area contributed by atoms with Crippen LogP contribution in [-0.2, 0) is 10.7 Å². The summed E-state index contributed by atoms with van der Waals surface area (Å²) in [6.07, 6.45) is 0. The van der Waals surface area contributed by atoms with Crippen LogP contribution in [0.5, 0.6) is 0 Å². The highest BCUT2D eigenvalue weighted by Crippen LogP contribution is 2.23. The van der Waals surface area contributed by atoms with E-state index in [0.717, 1.165) is 0 Å². The summed E-state index contributed by atoms with van der Waals surface area (Å²) in [5.41, 5.74) is 0. The third-order valence-corrected chi connectivity index (χ3v) is 2.13. The molecule has 0 aliphatic rings. The average Bonchev–Trinajstić information content (AvgIpc) is 2.11. The van der Waals surface area contributed by atoms with Crippen molar-refractivity contribution in [1.29, 1.82) is 0 Å². The first kappa shape index (κ1) is 10.9. The van der Waals surface area contributed by atoms with Crippen LogP contribution in [-0.4, -0.2) is 8.42 Å². The Bertz CT molecular complexity index is 431. The normalized spacial score (nSPS) is 11.0. The first-order chi connectivity index (χ1) is 6.37. The van der Waals surface area contributed by atoms with Crippen molar-refractivity contribution in [3.05, 3.63) is 29.1 Å². The summed E-state index contributed by atoms with van der Waals surface area (Å²) in [5.74, 6) is -11.6. The standard InChI is InChI=1S/C6HF5O2S/c7-1-2(8)4(10)6(14(12)13)5(11)3(1)9/h14H. The molecule has 1 aromatic carbocycles. The number of benzene rings is 1. The second-order valence-electron chi connectivity index (χ2n) is 2.18. The third kappa shape index (κ3) is 1.45. The molecule has 0 aliphatic heterocycles. The van der Waals surface area contributed by atoms with Crippen molar-refractivity contribution in [2.45, 2.75) is 4.90 Å². The van der Waals surface area contributed by atoms with Crippen LogP contribution in [0.1, 0.15) is 0 Å². The van der Waals surface area contributed by atoms with Crippen LogP contribution in [0.15, 0.2) is 4.90 Å². The van der Waals surface area contributed by atoms with Gasteiger partial charge in [-0.1, -0.05) is 0 Å². The Morgan fingerprint density at radius 1 is 0.643 bits per heavy atom. The molecule has 0 N–H and O–H groups in total. The summed E-state index contributed by atoms with van der Waals surface area (Å²) in [6.45, 7) is 0. The predicted molar refractivity (Wildman–Crippen MR) is 34.8 cm³/mol. The summed E-state index contributed by atoms with van der Waals surface area (Å²) in [4.78, 5) is -1.82. The van der Waals surface area contributed by atoms with Crippen LogP contribution in [0.4, 0.5) is 22.0 Å². The fourth-order valence-corrected chi connectivity index (χ4v) is 1.27. The largest absolute Gasteiger partial charge is 0.227 e. The monoisotopic (exact) mass is 232 g/mol. The van der Waals surface area contributed by atoms with Crippen molar-refractivity contribution in [3.63, 3.8) is 0 Å². The van der Waals surface area contributed by atoms with Crippen LogP contribution >= 0.6 is 0 Å². The van der Waals surface area contributed by atoms with Crippen molar-refractivity contribution >= 4 is 10.7 Å². The first-order valence-electron chi connectivity index (χ1n) is 3.03. The molecule has 0 atom stereocenters. The van der Waals surface area contributed by atoms with Gasteiger partial charge in [-0.3, -0.25) is 0 Å². The summed E-state index contributed by atoms with van der Waals surface area (Å²) >= 11 is 0. The van der Waals surface area contributed by atoms with Crippen molar-refractivity contribution in [3.8, 4) is 0 Å². The fourth-order valence-electron chi connectivity index (χ4n) is 0.754. The van der Waals surface area contributed by atoms with Crippen molar-refractivity contribution in [2.24, 2.45) is 0 Å². The maximum absolute atomic E-state index is 12.5. The second kappa shape index (κ2) is 3.52. The van der Waals surface area contributed by atoms with Crippen LogP contribution in [0.3, 0.4) is 0 Å². The lowest BCUT2D eigenvalue weighted by molar-refractivity contribution is 0.358. The van der Waals surface area contributed by atoms with Gasteiger partial charge in [0.05, 0.1) is 0 Å². The molecule has 1 aromatic rings. The van der Waals surface area contributed by atoms with Gasteiger partial charge < -0.3 is 0 Å². The van der Waals surface area contributed by atoms with E-state index in [2.05, 4.69) is 0 Å². The van der Waals surface area contributed by atoms with E-state index in [1.165, 1.54) is 0 Å². The number of halogens is 5. The Kier molecular flexibility index (Phi) is 2.74. The highest BCUT2D eigenvalue weighted by molar-refractivity contribution is 7.72. The van der Waals surface area contributed by atoms with Crippen molar-refractivity contribution in [1.82, 2.24) is 0 Å². The summed E-state index contributed by atoms with van der Waals surface area (Å²) in [6, 6.07) is 0. The van der Waals surface area contributed by atoms with E-state index in [1.54, 1.807) is 0 Å². The zero-order valence-corrected chi connectivity index (χ0v) is 7.05. The average molecular weight is 232 g/mol. The van der Waals surface area contributed by atoms with Gasteiger partial charge in [0.2, 0.25) is 5.82 Å². The number of hydrogen-bond donors (Lipinski definition) is 1. The van der Waals surface area contributed by atoms with Gasteiger partial charge in [-0.05, 0) is 0 Å². The molecule has 0 aromatic heterocycles. The van der Waals surface area contributed by atoms with Gasteiger partial charge >= 0.3 is 0 Å². The maximum atomic E-state index is 12.5. The molecule has 78 valence electrons. The zero-order valence-electron chi connectivity index (χ0n) is 6.15. The lowest BCUT2D eigenvalue weighted by Crippen LogP contribution is -2.05. The Morgan fingerprint density at radius 3 is 1.21 bits per heavy atom. The maximum Gasteiger partial charge on any atom is 0.200 e. The molecular formula is C6HF5O2S. The zero-order chi connectivity index (χ0) is 11.0. The Balaban J connectivity index is 3.77. The van der Waals surface area contributed by atoms with E-state index in [4.69, 9.17) is 0 Å². The van der Waals surface area contributed by atoms with Gasteiger partial charge in [-0.15, -0.1) is 0 Å². The van der Waals surface area contributed by atoms with Crippen LogP contribution in [0.2, 0.25) is 0 Å².